The topological polar surface area (TPSA) is 91.0 Å². The van der Waals surface area contributed by atoms with Gasteiger partial charge in [-0.3, -0.25) is 5.41 Å². The van der Waals surface area contributed by atoms with Crippen LogP contribution in [0.3, 0.4) is 0 Å². The lowest BCUT2D eigenvalue weighted by Crippen LogP contribution is -2.42. The van der Waals surface area contributed by atoms with E-state index in [4.69, 9.17) is 11.1 Å². The van der Waals surface area contributed by atoms with E-state index in [9.17, 15) is 4.79 Å². The zero-order chi connectivity index (χ0) is 11.0. The molecule has 0 aliphatic rings. The predicted molar refractivity (Wildman–Crippen MR) is 57.4 cm³/mol. The molecule has 0 spiro atoms. The molecule has 82 valence electrons. The van der Waals surface area contributed by atoms with Gasteiger partial charge in [-0.25, -0.2) is 4.79 Å². The highest BCUT2D eigenvalue weighted by Crippen LogP contribution is 1.89. The number of unbranched alkanes of at least 4 members (excludes halogenated alkanes) is 1. The molecule has 0 rings (SSSR count). The lowest BCUT2D eigenvalue weighted by molar-refractivity contribution is 0.238. The number of rotatable bonds is 6. The van der Waals surface area contributed by atoms with Crippen LogP contribution < -0.4 is 16.4 Å². The lowest BCUT2D eigenvalue weighted by Gasteiger charge is -2.13. The van der Waals surface area contributed by atoms with Crippen LogP contribution in [-0.4, -0.2) is 24.5 Å². The zero-order valence-corrected chi connectivity index (χ0v) is 8.89. The van der Waals surface area contributed by atoms with Gasteiger partial charge < -0.3 is 16.4 Å². The fourth-order valence-electron chi connectivity index (χ4n) is 1.03. The molecule has 0 aromatic rings. The third kappa shape index (κ3) is 7.39. The summed E-state index contributed by atoms with van der Waals surface area (Å²) in [5.41, 5.74) is 5.20. The second kappa shape index (κ2) is 7.17. The van der Waals surface area contributed by atoms with E-state index in [1.54, 1.807) is 0 Å². The Morgan fingerprint density at radius 1 is 1.57 bits per heavy atom. The van der Waals surface area contributed by atoms with Crippen molar-refractivity contribution in [3.8, 4) is 0 Å². The first-order chi connectivity index (χ1) is 6.56. The highest BCUT2D eigenvalue weighted by Gasteiger charge is 2.06. The van der Waals surface area contributed by atoms with Crippen molar-refractivity contribution in [2.24, 2.45) is 5.73 Å². The second-order valence-corrected chi connectivity index (χ2v) is 3.38. The Labute approximate surface area is 84.9 Å². The molecule has 0 heterocycles. The molecular weight excluding hydrogens is 180 g/mol. The molecule has 0 radical (unpaired) electrons. The predicted octanol–water partition coefficient (Wildman–Crippen LogP) is 0.800. The molecule has 0 fully saturated rings. The smallest absolute Gasteiger partial charge is 0.315 e. The summed E-state index contributed by atoms with van der Waals surface area (Å²) < 4.78 is 0. The Kier molecular flexibility index (Phi) is 6.53. The number of hydrogen-bond acceptors (Lipinski definition) is 2. The number of carbonyl (C=O) groups is 1. The van der Waals surface area contributed by atoms with Crippen molar-refractivity contribution in [3.63, 3.8) is 0 Å². The Bertz CT molecular complexity index is 193. The summed E-state index contributed by atoms with van der Waals surface area (Å²) in [4.78, 5) is 11.2. The van der Waals surface area contributed by atoms with Gasteiger partial charge >= 0.3 is 6.03 Å². The fraction of sp³-hybridized carbons (Fsp3) is 0.778. The van der Waals surface area contributed by atoms with Crippen LogP contribution in [0.4, 0.5) is 4.79 Å². The normalized spacial score (nSPS) is 11.9. The van der Waals surface area contributed by atoms with Gasteiger partial charge in [0.25, 0.3) is 0 Å². The van der Waals surface area contributed by atoms with E-state index in [2.05, 4.69) is 17.6 Å². The molecule has 0 saturated carbocycles. The molecule has 0 saturated heterocycles. The molecule has 5 N–H and O–H groups in total. The molecule has 5 nitrogen and oxygen atoms in total. The molecule has 0 aliphatic carbocycles. The molecule has 14 heavy (non-hydrogen) atoms. The summed E-state index contributed by atoms with van der Waals surface area (Å²) >= 11 is 0. The van der Waals surface area contributed by atoms with Gasteiger partial charge in [0.1, 0.15) is 0 Å². The zero-order valence-electron chi connectivity index (χ0n) is 8.89. The Morgan fingerprint density at radius 2 is 2.21 bits per heavy atom. The molecule has 5 heteroatoms. The number of amidine groups is 1. The maximum Gasteiger partial charge on any atom is 0.315 e. The van der Waals surface area contributed by atoms with E-state index in [0.29, 0.717) is 13.0 Å². The Morgan fingerprint density at radius 3 is 2.71 bits per heavy atom. The van der Waals surface area contributed by atoms with E-state index < -0.39 is 0 Å². The fourth-order valence-corrected chi connectivity index (χ4v) is 1.03. The minimum atomic E-state index is -0.188. The average Bonchev–Trinajstić information content (AvgIpc) is 2.02. The maximum absolute atomic E-state index is 11.2. The first-order valence-corrected chi connectivity index (χ1v) is 4.93. The van der Waals surface area contributed by atoms with Crippen LogP contribution >= 0.6 is 0 Å². The van der Waals surface area contributed by atoms with E-state index in [1.165, 1.54) is 0 Å². The average molecular weight is 200 g/mol. The van der Waals surface area contributed by atoms with Gasteiger partial charge in [-0.15, -0.1) is 0 Å². The molecule has 0 aliphatic heterocycles. The van der Waals surface area contributed by atoms with Crippen molar-refractivity contribution in [1.29, 1.82) is 5.41 Å². The molecule has 1 atom stereocenters. The summed E-state index contributed by atoms with van der Waals surface area (Å²) in [7, 11) is 0. The Hall–Kier alpha value is -1.26. The van der Waals surface area contributed by atoms with E-state index >= 15 is 0 Å². The van der Waals surface area contributed by atoms with Crippen molar-refractivity contribution in [1.82, 2.24) is 10.6 Å². The van der Waals surface area contributed by atoms with E-state index in [0.717, 1.165) is 12.8 Å². The Balaban J connectivity index is 3.55. The van der Waals surface area contributed by atoms with Gasteiger partial charge in [-0.1, -0.05) is 13.3 Å². The first-order valence-electron chi connectivity index (χ1n) is 4.93. The van der Waals surface area contributed by atoms with Crippen LogP contribution in [0.15, 0.2) is 0 Å². The van der Waals surface area contributed by atoms with Crippen molar-refractivity contribution in [2.75, 3.05) is 6.54 Å². The minimum Gasteiger partial charge on any atom is -0.388 e. The SMILES string of the molecule is CCCCNC(=O)NC(C)CC(=N)N. The van der Waals surface area contributed by atoms with Gasteiger partial charge in [0.15, 0.2) is 0 Å². The summed E-state index contributed by atoms with van der Waals surface area (Å²) in [5.74, 6) is 0.0892. The van der Waals surface area contributed by atoms with Crippen molar-refractivity contribution >= 4 is 11.9 Å². The summed E-state index contributed by atoms with van der Waals surface area (Å²) in [6, 6.07) is -0.277. The van der Waals surface area contributed by atoms with Crippen LogP contribution in [-0.2, 0) is 0 Å². The molecule has 1 unspecified atom stereocenters. The van der Waals surface area contributed by atoms with Gasteiger partial charge in [0.05, 0.1) is 5.84 Å². The van der Waals surface area contributed by atoms with Crippen LogP contribution in [0.1, 0.15) is 33.1 Å². The highest BCUT2D eigenvalue weighted by molar-refractivity contribution is 5.79. The number of carbonyl (C=O) groups excluding carboxylic acids is 1. The third-order valence-corrected chi connectivity index (χ3v) is 1.72. The largest absolute Gasteiger partial charge is 0.388 e. The number of nitrogens with one attached hydrogen (secondary N) is 3. The monoisotopic (exact) mass is 200 g/mol. The quantitative estimate of drug-likeness (QED) is 0.290. The van der Waals surface area contributed by atoms with Gasteiger partial charge in [-0.2, -0.15) is 0 Å². The van der Waals surface area contributed by atoms with E-state index in [-0.39, 0.29) is 17.9 Å². The van der Waals surface area contributed by atoms with Crippen molar-refractivity contribution in [3.05, 3.63) is 0 Å². The lowest BCUT2D eigenvalue weighted by atomic mass is 10.2. The highest BCUT2D eigenvalue weighted by atomic mass is 16.2. The molecule has 2 amide bonds. The molecule has 0 aromatic carbocycles. The maximum atomic E-state index is 11.2. The summed E-state index contributed by atoms with van der Waals surface area (Å²) in [6.07, 6.45) is 2.43. The van der Waals surface area contributed by atoms with Crippen LogP contribution in [0, 0.1) is 5.41 Å². The number of amides is 2. The van der Waals surface area contributed by atoms with E-state index in [1.807, 2.05) is 6.92 Å². The number of urea groups is 1. The third-order valence-electron chi connectivity index (χ3n) is 1.72. The van der Waals surface area contributed by atoms with Crippen LogP contribution in [0.25, 0.3) is 0 Å². The van der Waals surface area contributed by atoms with Crippen LogP contribution in [0.2, 0.25) is 0 Å². The number of nitrogens with two attached hydrogens (primary N) is 1. The van der Waals surface area contributed by atoms with Gasteiger partial charge in [0, 0.05) is 19.0 Å². The first kappa shape index (κ1) is 12.7. The summed E-state index contributed by atoms with van der Waals surface area (Å²) in [6.45, 7) is 4.58. The molecule has 0 bridgehead atoms. The van der Waals surface area contributed by atoms with Gasteiger partial charge in [-0.05, 0) is 13.3 Å². The van der Waals surface area contributed by atoms with Crippen LogP contribution in [0.5, 0.6) is 0 Å². The second-order valence-electron chi connectivity index (χ2n) is 3.38. The van der Waals surface area contributed by atoms with Crippen molar-refractivity contribution < 1.29 is 4.79 Å². The van der Waals surface area contributed by atoms with Crippen molar-refractivity contribution in [2.45, 2.75) is 39.2 Å². The molecular formula is C9H20N4O. The molecule has 0 aromatic heterocycles. The minimum absolute atomic E-state index is 0.0888. The standard InChI is InChI=1S/C9H20N4O/c1-3-4-5-12-9(14)13-7(2)6-8(10)11/h7H,3-6H2,1-2H3,(H3,10,11)(H2,12,13,14). The summed E-state index contributed by atoms with van der Waals surface area (Å²) in [5, 5.41) is 12.5. The van der Waals surface area contributed by atoms with Gasteiger partial charge in [0.2, 0.25) is 0 Å². The number of hydrogen-bond donors (Lipinski definition) is 4.